The van der Waals surface area contributed by atoms with Crippen LogP contribution in [-0.4, -0.2) is 51.2 Å². The Labute approximate surface area is 144 Å². The van der Waals surface area contributed by atoms with Crippen LogP contribution in [0.15, 0.2) is 29.1 Å². The quantitative estimate of drug-likeness (QED) is 0.896. The number of para-hydroxylation sites is 1. The molecule has 1 aromatic carbocycles. The third-order valence-electron chi connectivity index (χ3n) is 4.92. The van der Waals surface area contributed by atoms with Crippen LogP contribution in [0.3, 0.4) is 0 Å². The maximum Gasteiger partial charge on any atom is 0.258 e. The maximum atomic E-state index is 12.7. The minimum Gasteiger partial charge on any atom is -0.339 e. The first-order valence-electron chi connectivity index (χ1n) is 8.55. The number of nitrogens with zero attached hydrogens (tertiary/aromatic N) is 3. The molecule has 4 rings (SSSR count). The number of carbonyl (C=O) groups excluding carboxylic acids is 2. The molecule has 0 radical (unpaired) electrons. The van der Waals surface area contributed by atoms with Crippen LogP contribution >= 0.6 is 0 Å². The van der Waals surface area contributed by atoms with E-state index in [-0.39, 0.29) is 36.3 Å². The largest absolute Gasteiger partial charge is 0.339 e. The standard InChI is InChI=1S/C18H20N4O3/c1-21(18(25)11-8-16(23)22(9-11)12-6-7-12)10-15-19-14-5-3-2-4-13(14)17(24)20-15/h2-5,11-12H,6-10H2,1H3,(H,19,20,24)/t11-/m0/s1. The second-order valence-corrected chi connectivity index (χ2v) is 6.90. The Morgan fingerprint density at radius 3 is 2.84 bits per heavy atom. The lowest BCUT2D eigenvalue weighted by Gasteiger charge is -2.21. The van der Waals surface area contributed by atoms with Gasteiger partial charge in [-0.05, 0) is 25.0 Å². The van der Waals surface area contributed by atoms with E-state index >= 15 is 0 Å². The van der Waals surface area contributed by atoms with Gasteiger partial charge in [-0.1, -0.05) is 12.1 Å². The highest BCUT2D eigenvalue weighted by Gasteiger charge is 2.42. The molecule has 1 aromatic heterocycles. The highest BCUT2D eigenvalue weighted by atomic mass is 16.2. The van der Waals surface area contributed by atoms with Gasteiger partial charge in [0.1, 0.15) is 5.82 Å². The van der Waals surface area contributed by atoms with Crippen molar-refractivity contribution in [3.63, 3.8) is 0 Å². The number of fused-ring (bicyclic) bond motifs is 1. The third kappa shape index (κ3) is 3.01. The van der Waals surface area contributed by atoms with Gasteiger partial charge < -0.3 is 14.8 Å². The van der Waals surface area contributed by atoms with Crippen molar-refractivity contribution in [3.8, 4) is 0 Å². The lowest BCUT2D eigenvalue weighted by molar-refractivity contribution is -0.135. The zero-order valence-corrected chi connectivity index (χ0v) is 14.1. The molecule has 1 saturated carbocycles. The van der Waals surface area contributed by atoms with Crippen LogP contribution in [0.1, 0.15) is 25.1 Å². The van der Waals surface area contributed by atoms with Crippen LogP contribution in [-0.2, 0) is 16.1 Å². The first-order chi connectivity index (χ1) is 12.0. The van der Waals surface area contributed by atoms with Crippen molar-refractivity contribution in [3.05, 3.63) is 40.4 Å². The van der Waals surface area contributed by atoms with E-state index in [0.29, 0.717) is 29.3 Å². The highest BCUT2D eigenvalue weighted by molar-refractivity contribution is 5.89. The Bertz CT molecular complexity index is 903. The number of hydrogen-bond acceptors (Lipinski definition) is 4. The summed E-state index contributed by atoms with van der Waals surface area (Å²) in [4.78, 5) is 47.4. The number of nitrogens with one attached hydrogen (secondary N) is 1. The summed E-state index contributed by atoms with van der Waals surface area (Å²) in [6.07, 6.45) is 2.37. The summed E-state index contributed by atoms with van der Waals surface area (Å²) in [5, 5.41) is 0.529. The minimum atomic E-state index is -0.301. The van der Waals surface area contributed by atoms with E-state index in [9.17, 15) is 14.4 Å². The molecule has 2 amide bonds. The van der Waals surface area contributed by atoms with Crippen molar-refractivity contribution in [1.29, 1.82) is 0 Å². The molecule has 1 N–H and O–H groups in total. The number of amides is 2. The number of aromatic amines is 1. The first-order valence-corrected chi connectivity index (χ1v) is 8.55. The molecule has 2 aliphatic rings. The fraction of sp³-hybridized carbons (Fsp3) is 0.444. The van der Waals surface area contributed by atoms with Crippen LogP contribution < -0.4 is 5.56 Å². The van der Waals surface area contributed by atoms with E-state index in [1.165, 1.54) is 0 Å². The van der Waals surface area contributed by atoms with Crippen molar-refractivity contribution in [1.82, 2.24) is 19.8 Å². The fourth-order valence-electron chi connectivity index (χ4n) is 3.46. The van der Waals surface area contributed by atoms with E-state index in [1.807, 2.05) is 11.0 Å². The summed E-state index contributed by atoms with van der Waals surface area (Å²) < 4.78 is 0. The monoisotopic (exact) mass is 340 g/mol. The smallest absolute Gasteiger partial charge is 0.258 e. The molecule has 0 spiro atoms. The number of benzene rings is 1. The number of aromatic nitrogens is 2. The van der Waals surface area contributed by atoms with E-state index < -0.39 is 0 Å². The van der Waals surface area contributed by atoms with Crippen LogP contribution in [0.5, 0.6) is 0 Å². The molecular weight excluding hydrogens is 320 g/mol. The number of rotatable bonds is 4. The molecule has 7 heteroatoms. The molecule has 1 aliphatic heterocycles. The number of carbonyl (C=O) groups is 2. The van der Waals surface area contributed by atoms with Gasteiger partial charge in [0.25, 0.3) is 5.56 Å². The predicted octanol–water partition coefficient (Wildman–Crippen LogP) is 0.892. The van der Waals surface area contributed by atoms with E-state index in [0.717, 1.165) is 12.8 Å². The van der Waals surface area contributed by atoms with Gasteiger partial charge in [0.05, 0.1) is 23.4 Å². The number of H-pyrrole nitrogens is 1. The Morgan fingerprint density at radius 1 is 1.32 bits per heavy atom. The summed E-state index contributed by atoms with van der Waals surface area (Å²) in [5.74, 6) is 0.145. The Hall–Kier alpha value is -2.70. The number of hydrogen-bond donors (Lipinski definition) is 1. The Morgan fingerprint density at radius 2 is 2.08 bits per heavy atom. The molecule has 25 heavy (non-hydrogen) atoms. The summed E-state index contributed by atoms with van der Waals surface area (Å²) in [7, 11) is 1.68. The molecule has 0 unspecified atom stereocenters. The highest BCUT2D eigenvalue weighted by Crippen LogP contribution is 2.33. The second kappa shape index (κ2) is 5.98. The molecule has 2 fully saturated rings. The van der Waals surface area contributed by atoms with Gasteiger partial charge in [-0.3, -0.25) is 14.4 Å². The average Bonchev–Trinajstić information content (AvgIpc) is 3.36. The van der Waals surface area contributed by atoms with Crippen molar-refractivity contribution >= 4 is 22.7 Å². The van der Waals surface area contributed by atoms with E-state index in [2.05, 4.69) is 9.97 Å². The minimum absolute atomic E-state index is 0.0755. The van der Waals surface area contributed by atoms with Crippen LogP contribution in [0, 0.1) is 5.92 Å². The van der Waals surface area contributed by atoms with Crippen molar-refractivity contribution in [2.45, 2.75) is 31.8 Å². The van der Waals surface area contributed by atoms with Gasteiger partial charge in [-0.15, -0.1) is 0 Å². The summed E-state index contributed by atoms with van der Waals surface area (Å²) in [6.45, 7) is 0.724. The van der Waals surface area contributed by atoms with Crippen molar-refractivity contribution in [2.24, 2.45) is 5.92 Å². The lowest BCUT2D eigenvalue weighted by atomic mass is 10.1. The van der Waals surface area contributed by atoms with Crippen molar-refractivity contribution < 1.29 is 9.59 Å². The zero-order chi connectivity index (χ0) is 17.6. The summed E-state index contributed by atoms with van der Waals surface area (Å²) in [6, 6.07) is 7.45. The predicted molar refractivity (Wildman–Crippen MR) is 91.7 cm³/mol. The summed E-state index contributed by atoms with van der Waals surface area (Å²) >= 11 is 0. The third-order valence-corrected chi connectivity index (χ3v) is 4.92. The normalized spacial score (nSPS) is 20.3. The second-order valence-electron chi connectivity index (χ2n) is 6.90. The molecule has 7 nitrogen and oxygen atoms in total. The first kappa shape index (κ1) is 15.8. The molecular formula is C18H20N4O3. The molecule has 1 aliphatic carbocycles. The lowest BCUT2D eigenvalue weighted by Crippen LogP contribution is -2.35. The Balaban J connectivity index is 1.48. The van der Waals surface area contributed by atoms with Crippen LogP contribution in [0.4, 0.5) is 0 Å². The topological polar surface area (TPSA) is 86.4 Å². The molecule has 1 saturated heterocycles. The Kier molecular flexibility index (Phi) is 3.78. The van der Waals surface area contributed by atoms with Gasteiger partial charge in [-0.2, -0.15) is 0 Å². The molecule has 2 aromatic rings. The number of likely N-dealkylation sites (tertiary alicyclic amines) is 1. The van der Waals surface area contributed by atoms with Gasteiger partial charge in [0.15, 0.2) is 0 Å². The van der Waals surface area contributed by atoms with Gasteiger partial charge in [0, 0.05) is 26.1 Å². The maximum absolute atomic E-state index is 12.7. The van der Waals surface area contributed by atoms with Gasteiger partial charge >= 0.3 is 0 Å². The zero-order valence-electron chi connectivity index (χ0n) is 14.1. The van der Waals surface area contributed by atoms with Crippen molar-refractivity contribution in [2.75, 3.05) is 13.6 Å². The molecule has 2 heterocycles. The van der Waals surface area contributed by atoms with Gasteiger partial charge in [-0.25, -0.2) is 4.98 Å². The van der Waals surface area contributed by atoms with E-state index in [1.54, 1.807) is 30.1 Å². The SMILES string of the molecule is CN(Cc1nc2ccccc2c(=O)[nH]1)C(=O)[C@H]1CC(=O)N(C2CC2)C1. The molecule has 1 atom stereocenters. The van der Waals surface area contributed by atoms with Gasteiger partial charge in [0.2, 0.25) is 11.8 Å². The van der Waals surface area contributed by atoms with E-state index in [4.69, 9.17) is 0 Å². The van der Waals surface area contributed by atoms with Crippen LogP contribution in [0.2, 0.25) is 0 Å². The molecule has 130 valence electrons. The average molecular weight is 340 g/mol. The fourth-order valence-corrected chi connectivity index (χ4v) is 3.46. The van der Waals surface area contributed by atoms with Crippen LogP contribution in [0.25, 0.3) is 10.9 Å². The summed E-state index contributed by atoms with van der Waals surface area (Å²) in [5.41, 5.74) is 0.399. The molecule has 0 bridgehead atoms.